The van der Waals surface area contributed by atoms with E-state index >= 15 is 0 Å². The van der Waals surface area contributed by atoms with Gasteiger partial charge in [0.1, 0.15) is 0 Å². The van der Waals surface area contributed by atoms with Gasteiger partial charge in [0.05, 0.1) is 0 Å². The van der Waals surface area contributed by atoms with Gasteiger partial charge in [0.25, 0.3) is 0 Å². The number of allylic oxidation sites excluding steroid dienone is 4. The molecule has 0 aromatic heterocycles. The summed E-state index contributed by atoms with van der Waals surface area (Å²) in [6.45, 7) is 6.83. The minimum absolute atomic E-state index is 0.0771. The maximum absolute atomic E-state index is 9.28. The smallest absolute Gasteiger partial charge is 0.0468 e. The number of aliphatic hydroxyl groups excluding tert-OH is 1. The maximum atomic E-state index is 9.28. The molecule has 0 heterocycles. The van der Waals surface area contributed by atoms with E-state index in [9.17, 15) is 5.11 Å². The van der Waals surface area contributed by atoms with E-state index in [1.165, 1.54) is 0 Å². The van der Waals surface area contributed by atoms with Gasteiger partial charge in [0.2, 0.25) is 0 Å². The Morgan fingerprint density at radius 2 is 2.31 bits per heavy atom. The van der Waals surface area contributed by atoms with Gasteiger partial charge in [-0.2, -0.15) is 0 Å². The molecule has 2 atom stereocenters. The van der Waals surface area contributed by atoms with E-state index in [2.05, 4.69) is 22.5 Å². The van der Waals surface area contributed by atoms with Crippen molar-refractivity contribution in [2.75, 3.05) is 13.2 Å². The standard InChI is InChI=1S/C13H20BrNO/c1-3-12(14)5-4-10(2)13(9-15)7-6-11(13)8-16/h3-5,11,16H,2,6-9,15H2,1H3/b5-4-,12-3+/t11-,13+/m1/s1. The zero-order valence-corrected chi connectivity index (χ0v) is 11.3. The molecule has 0 aliphatic heterocycles. The number of aliphatic hydroxyl groups is 1. The first-order valence-electron chi connectivity index (χ1n) is 5.61. The van der Waals surface area contributed by atoms with Crippen LogP contribution in [0.4, 0.5) is 0 Å². The van der Waals surface area contributed by atoms with Gasteiger partial charge < -0.3 is 10.8 Å². The second kappa shape index (κ2) is 5.80. The van der Waals surface area contributed by atoms with Crippen LogP contribution in [0.3, 0.4) is 0 Å². The minimum atomic E-state index is -0.0771. The van der Waals surface area contributed by atoms with Gasteiger partial charge >= 0.3 is 0 Å². The molecule has 0 unspecified atom stereocenters. The van der Waals surface area contributed by atoms with Gasteiger partial charge in [-0.15, -0.1) is 0 Å². The molecule has 16 heavy (non-hydrogen) atoms. The molecule has 0 bridgehead atoms. The lowest BCUT2D eigenvalue weighted by atomic mass is 9.57. The Morgan fingerprint density at radius 3 is 2.69 bits per heavy atom. The van der Waals surface area contributed by atoms with Crippen LogP contribution in [-0.4, -0.2) is 18.3 Å². The average molecular weight is 286 g/mol. The third-order valence-corrected chi connectivity index (χ3v) is 4.39. The van der Waals surface area contributed by atoms with E-state index in [-0.39, 0.29) is 17.9 Å². The molecule has 0 aromatic rings. The van der Waals surface area contributed by atoms with Crippen molar-refractivity contribution in [1.82, 2.24) is 0 Å². The lowest BCUT2D eigenvalue weighted by Crippen LogP contribution is -2.48. The van der Waals surface area contributed by atoms with Crippen molar-refractivity contribution in [3.05, 3.63) is 34.9 Å². The van der Waals surface area contributed by atoms with Gasteiger partial charge in [0, 0.05) is 23.0 Å². The van der Waals surface area contributed by atoms with Gasteiger partial charge in [-0.3, -0.25) is 0 Å². The zero-order valence-electron chi connectivity index (χ0n) is 9.75. The van der Waals surface area contributed by atoms with E-state index in [0.29, 0.717) is 6.54 Å². The SMILES string of the molecule is C=C(/C=C\C(Br)=C/C)[C@@]1(CN)CC[C@@H]1CO. The molecule has 0 radical (unpaired) electrons. The lowest BCUT2D eigenvalue weighted by Gasteiger charge is -2.49. The van der Waals surface area contributed by atoms with Crippen molar-refractivity contribution in [1.29, 1.82) is 0 Å². The highest BCUT2D eigenvalue weighted by Crippen LogP contribution is 2.50. The monoisotopic (exact) mass is 285 g/mol. The normalized spacial score (nSPS) is 30.5. The van der Waals surface area contributed by atoms with Crippen LogP contribution in [-0.2, 0) is 0 Å². The Kier molecular flexibility index (Phi) is 4.96. The second-order valence-electron chi connectivity index (χ2n) is 4.31. The Hall–Kier alpha value is -0.380. The molecule has 1 aliphatic carbocycles. The molecule has 1 aliphatic rings. The van der Waals surface area contributed by atoms with E-state index < -0.39 is 0 Å². The van der Waals surface area contributed by atoms with E-state index in [4.69, 9.17) is 5.73 Å². The Balaban J connectivity index is 2.75. The van der Waals surface area contributed by atoms with Crippen LogP contribution in [0.5, 0.6) is 0 Å². The van der Waals surface area contributed by atoms with Gasteiger partial charge in [-0.1, -0.05) is 34.7 Å². The summed E-state index contributed by atoms with van der Waals surface area (Å²) in [5, 5.41) is 9.28. The van der Waals surface area contributed by atoms with Crippen LogP contribution in [0.25, 0.3) is 0 Å². The first-order valence-corrected chi connectivity index (χ1v) is 6.40. The van der Waals surface area contributed by atoms with Crippen molar-refractivity contribution < 1.29 is 5.11 Å². The third-order valence-electron chi connectivity index (χ3n) is 3.66. The first kappa shape index (κ1) is 13.7. The molecule has 90 valence electrons. The Bertz CT molecular complexity index is 316. The first-order chi connectivity index (χ1) is 7.60. The molecule has 1 fully saturated rings. The number of halogens is 1. The fraction of sp³-hybridized carbons (Fsp3) is 0.538. The highest BCUT2D eigenvalue weighted by Gasteiger charge is 2.46. The van der Waals surface area contributed by atoms with Gasteiger partial charge in [0.15, 0.2) is 0 Å². The Morgan fingerprint density at radius 1 is 1.62 bits per heavy atom. The summed E-state index contributed by atoms with van der Waals surface area (Å²) in [5.41, 5.74) is 6.79. The zero-order chi connectivity index (χ0) is 12.2. The summed E-state index contributed by atoms with van der Waals surface area (Å²) in [7, 11) is 0. The second-order valence-corrected chi connectivity index (χ2v) is 5.23. The van der Waals surface area contributed by atoms with Crippen molar-refractivity contribution in [3.8, 4) is 0 Å². The van der Waals surface area contributed by atoms with Gasteiger partial charge in [-0.25, -0.2) is 0 Å². The van der Waals surface area contributed by atoms with Crippen molar-refractivity contribution in [2.45, 2.75) is 19.8 Å². The predicted molar refractivity (Wildman–Crippen MR) is 72.3 cm³/mol. The molecule has 0 amide bonds. The van der Waals surface area contributed by atoms with E-state index in [0.717, 1.165) is 22.9 Å². The van der Waals surface area contributed by atoms with Crippen molar-refractivity contribution in [3.63, 3.8) is 0 Å². The number of hydrogen-bond donors (Lipinski definition) is 2. The molecule has 0 spiro atoms. The molecule has 0 saturated heterocycles. The fourth-order valence-corrected chi connectivity index (χ4v) is 2.36. The van der Waals surface area contributed by atoms with Crippen LogP contribution < -0.4 is 5.73 Å². The third kappa shape index (κ3) is 2.47. The Labute approximate surface area is 106 Å². The summed E-state index contributed by atoms with van der Waals surface area (Å²) in [5.74, 6) is 0.277. The van der Waals surface area contributed by atoms with Crippen molar-refractivity contribution >= 4 is 15.9 Å². The number of rotatable bonds is 5. The molecule has 3 N–H and O–H groups in total. The highest BCUT2D eigenvalue weighted by molar-refractivity contribution is 9.11. The van der Waals surface area contributed by atoms with E-state index in [1.54, 1.807) is 0 Å². The van der Waals surface area contributed by atoms with Crippen LogP contribution in [0.15, 0.2) is 34.9 Å². The maximum Gasteiger partial charge on any atom is 0.0468 e. The quantitative estimate of drug-likeness (QED) is 0.763. The topological polar surface area (TPSA) is 46.2 Å². The van der Waals surface area contributed by atoms with Crippen LogP contribution in [0.2, 0.25) is 0 Å². The largest absolute Gasteiger partial charge is 0.396 e. The lowest BCUT2D eigenvalue weighted by molar-refractivity contribution is 0.0301. The molecule has 2 nitrogen and oxygen atoms in total. The minimum Gasteiger partial charge on any atom is -0.396 e. The summed E-state index contributed by atoms with van der Waals surface area (Å²) in [6, 6.07) is 0. The van der Waals surface area contributed by atoms with Gasteiger partial charge in [-0.05, 0) is 37.3 Å². The molecule has 0 aromatic carbocycles. The van der Waals surface area contributed by atoms with Crippen LogP contribution in [0.1, 0.15) is 19.8 Å². The van der Waals surface area contributed by atoms with Crippen LogP contribution in [0, 0.1) is 11.3 Å². The summed E-state index contributed by atoms with van der Waals surface area (Å²) in [6.07, 6.45) is 8.03. The molecule has 1 saturated carbocycles. The summed E-state index contributed by atoms with van der Waals surface area (Å²) >= 11 is 3.42. The molecule has 1 rings (SSSR count). The summed E-state index contributed by atoms with van der Waals surface area (Å²) < 4.78 is 1.03. The number of nitrogens with two attached hydrogens (primary N) is 1. The highest BCUT2D eigenvalue weighted by atomic mass is 79.9. The molecular weight excluding hydrogens is 266 g/mol. The van der Waals surface area contributed by atoms with E-state index in [1.807, 2.05) is 25.2 Å². The molecule has 3 heteroatoms. The van der Waals surface area contributed by atoms with Crippen LogP contribution >= 0.6 is 15.9 Å². The molecular formula is C13H20BrNO. The predicted octanol–water partition coefficient (Wildman–Crippen LogP) is 2.74. The fourth-order valence-electron chi connectivity index (χ4n) is 2.23. The van der Waals surface area contributed by atoms with Crippen molar-refractivity contribution in [2.24, 2.45) is 17.1 Å². The average Bonchev–Trinajstić information content (AvgIpc) is 2.26. The number of hydrogen-bond acceptors (Lipinski definition) is 2. The summed E-state index contributed by atoms with van der Waals surface area (Å²) in [4.78, 5) is 0.